The summed E-state index contributed by atoms with van der Waals surface area (Å²) in [4.78, 5) is 14.0. The van der Waals surface area contributed by atoms with Gasteiger partial charge in [-0.1, -0.05) is 15.9 Å². The first-order chi connectivity index (χ1) is 9.10. The minimum absolute atomic E-state index is 0.0980. The number of nitrogens with zero attached hydrogens (tertiary/aromatic N) is 1. The third-order valence-corrected chi connectivity index (χ3v) is 4.19. The Morgan fingerprint density at radius 3 is 2.79 bits per heavy atom. The Hall–Kier alpha value is -1.07. The molecule has 0 unspecified atom stereocenters. The minimum atomic E-state index is -0.257. The van der Waals surface area contributed by atoms with Crippen molar-refractivity contribution in [3.8, 4) is 5.75 Å². The van der Waals surface area contributed by atoms with Gasteiger partial charge in [0.05, 0.1) is 19.6 Å². The molecule has 0 spiro atoms. The van der Waals surface area contributed by atoms with Crippen LogP contribution in [0.3, 0.4) is 0 Å². The van der Waals surface area contributed by atoms with Crippen LogP contribution in [0.5, 0.6) is 5.75 Å². The minimum Gasteiger partial charge on any atom is -0.497 e. The number of aliphatic hydroxyl groups is 1. The van der Waals surface area contributed by atoms with E-state index in [1.54, 1.807) is 7.11 Å². The summed E-state index contributed by atoms with van der Waals surface area (Å²) in [5, 5.41) is 9.45. The van der Waals surface area contributed by atoms with Gasteiger partial charge in [-0.25, -0.2) is 0 Å². The van der Waals surface area contributed by atoms with E-state index in [1.165, 1.54) is 0 Å². The van der Waals surface area contributed by atoms with Crippen molar-refractivity contribution in [2.45, 2.75) is 25.4 Å². The van der Waals surface area contributed by atoms with E-state index in [2.05, 4.69) is 15.9 Å². The molecule has 0 saturated carbocycles. The molecule has 2 rings (SSSR count). The largest absolute Gasteiger partial charge is 0.497 e. The third kappa shape index (κ3) is 3.70. The summed E-state index contributed by atoms with van der Waals surface area (Å²) < 4.78 is 6.09. The lowest BCUT2D eigenvalue weighted by Crippen LogP contribution is -2.40. The standard InChI is InChI=1S/C14H18BrNO3/c1-19-12-2-3-13(15)10(8-12)9-14(18)16-6-4-11(17)5-7-16/h2-3,8,11,17H,4-7,9H2,1H3. The van der Waals surface area contributed by atoms with Gasteiger partial charge >= 0.3 is 0 Å². The Morgan fingerprint density at radius 2 is 2.16 bits per heavy atom. The quantitative estimate of drug-likeness (QED) is 0.923. The number of likely N-dealkylation sites (tertiary alicyclic amines) is 1. The van der Waals surface area contributed by atoms with Gasteiger partial charge < -0.3 is 14.7 Å². The van der Waals surface area contributed by atoms with Crippen LogP contribution in [-0.4, -0.2) is 42.2 Å². The Kier molecular flexibility index (Phi) is 4.82. The maximum atomic E-state index is 12.2. The molecule has 1 aromatic rings. The van der Waals surface area contributed by atoms with Gasteiger partial charge in [-0.05, 0) is 36.6 Å². The summed E-state index contributed by atoms with van der Waals surface area (Å²) >= 11 is 3.46. The van der Waals surface area contributed by atoms with Gasteiger partial charge in [-0.3, -0.25) is 4.79 Å². The Morgan fingerprint density at radius 1 is 1.47 bits per heavy atom. The fourth-order valence-electron chi connectivity index (χ4n) is 2.20. The van der Waals surface area contributed by atoms with Crippen molar-refractivity contribution in [3.05, 3.63) is 28.2 Å². The highest BCUT2D eigenvalue weighted by Crippen LogP contribution is 2.24. The highest BCUT2D eigenvalue weighted by molar-refractivity contribution is 9.10. The molecule has 0 aromatic heterocycles. The summed E-state index contributed by atoms with van der Waals surface area (Å²) in [5.74, 6) is 0.848. The van der Waals surface area contributed by atoms with Crippen LogP contribution in [0, 0.1) is 0 Å². The topological polar surface area (TPSA) is 49.8 Å². The molecule has 1 aliphatic rings. The fraction of sp³-hybridized carbons (Fsp3) is 0.500. The number of amides is 1. The molecule has 1 fully saturated rings. The van der Waals surface area contributed by atoms with Gasteiger partial charge in [0, 0.05) is 17.6 Å². The molecule has 0 bridgehead atoms. The van der Waals surface area contributed by atoms with E-state index in [1.807, 2.05) is 23.1 Å². The van der Waals surface area contributed by atoms with E-state index in [4.69, 9.17) is 4.74 Å². The number of methoxy groups -OCH3 is 1. The number of carbonyl (C=O) groups is 1. The van der Waals surface area contributed by atoms with Crippen LogP contribution in [-0.2, 0) is 11.2 Å². The maximum absolute atomic E-state index is 12.2. The van der Waals surface area contributed by atoms with Crippen LogP contribution in [0.2, 0.25) is 0 Å². The summed E-state index contributed by atoms with van der Waals surface area (Å²) in [7, 11) is 1.61. The second kappa shape index (κ2) is 6.39. The van der Waals surface area contributed by atoms with Crippen molar-refractivity contribution < 1.29 is 14.6 Å². The van der Waals surface area contributed by atoms with Crippen molar-refractivity contribution in [1.29, 1.82) is 0 Å². The van der Waals surface area contributed by atoms with Crippen molar-refractivity contribution in [2.75, 3.05) is 20.2 Å². The Labute approximate surface area is 121 Å². The molecular formula is C14H18BrNO3. The molecule has 0 atom stereocenters. The maximum Gasteiger partial charge on any atom is 0.227 e. The molecule has 4 nitrogen and oxygen atoms in total. The molecule has 1 amide bonds. The number of aliphatic hydroxyl groups excluding tert-OH is 1. The van der Waals surface area contributed by atoms with Gasteiger partial charge in [-0.15, -0.1) is 0 Å². The zero-order valence-electron chi connectivity index (χ0n) is 10.9. The van der Waals surface area contributed by atoms with Crippen LogP contribution >= 0.6 is 15.9 Å². The first-order valence-electron chi connectivity index (χ1n) is 6.38. The molecule has 5 heteroatoms. The number of carbonyl (C=O) groups excluding carboxylic acids is 1. The molecular weight excluding hydrogens is 310 g/mol. The molecule has 0 radical (unpaired) electrons. The second-order valence-electron chi connectivity index (χ2n) is 4.75. The van der Waals surface area contributed by atoms with E-state index in [0.29, 0.717) is 32.4 Å². The Balaban J connectivity index is 2.02. The van der Waals surface area contributed by atoms with Gasteiger partial charge in [0.2, 0.25) is 5.91 Å². The summed E-state index contributed by atoms with van der Waals surface area (Å²) in [6.07, 6.45) is 1.44. The van der Waals surface area contributed by atoms with Crippen molar-refractivity contribution in [3.63, 3.8) is 0 Å². The van der Waals surface area contributed by atoms with Crippen LogP contribution in [0.4, 0.5) is 0 Å². The van der Waals surface area contributed by atoms with E-state index in [9.17, 15) is 9.90 Å². The molecule has 19 heavy (non-hydrogen) atoms. The second-order valence-corrected chi connectivity index (χ2v) is 5.60. The lowest BCUT2D eigenvalue weighted by molar-refractivity contribution is -0.132. The normalized spacial score (nSPS) is 16.5. The lowest BCUT2D eigenvalue weighted by Gasteiger charge is -2.29. The van der Waals surface area contributed by atoms with Crippen LogP contribution < -0.4 is 4.74 Å². The predicted molar refractivity (Wildman–Crippen MR) is 76.2 cm³/mol. The molecule has 1 saturated heterocycles. The summed E-state index contributed by atoms with van der Waals surface area (Å²) in [5.41, 5.74) is 0.926. The van der Waals surface area contributed by atoms with Gasteiger partial charge in [-0.2, -0.15) is 0 Å². The number of halogens is 1. The molecule has 1 heterocycles. The van der Waals surface area contributed by atoms with Gasteiger partial charge in [0.15, 0.2) is 0 Å². The zero-order chi connectivity index (χ0) is 13.8. The summed E-state index contributed by atoms with van der Waals surface area (Å²) in [6, 6.07) is 5.62. The van der Waals surface area contributed by atoms with Gasteiger partial charge in [0.1, 0.15) is 5.75 Å². The van der Waals surface area contributed by atoms with Crippen molar-refractivity contribution >= 4 is 21.8 Å². The Bertz CT molecular complexity index is 456. The average Bonchev–Trinajstić information content (AvgIpc) is 2.42. The monoisotopic (exact) mass is 327 g/mol. The zero-order valence-corrected chi connectivity index (χ0v) is 12.5. The lowest BCUT2D eigenvalue weighted by atomic mass is 10.1. The van der Waals surface area contributed by atoms with E-state index in [-0.39, 0.29) is 12.0 Å². The summed E-state index contributed by atoms with van der Waals surface area (Å²) in [6.45, 7) is 1.28. The molecule has 0 aliphatic carbocycles. The van der Waals surface area contributed by atoms with E-state index in [0.717, 1.165) is 15.8 Å². The molecule has 1 aliphatic heterocycles. The number of benzene rings is 1. The van der Waals surface area contributed by atoms with E-state index < -0.39 is 0 Å². The first kappa shape index (κ1) is 14.3. The smallest absolute Gasteiger partial charge is 0.227 e. The highest BCUT2D eigenvalue weighted by atomic mass is 79.9. The number of rotatable bonds is 3. The van der Waals surface area contributed by atoms with Gasteiger partial charge in [0.25, 0.3) is 0 Å². The number of ether oxygens (including phenoxy) is 1. The SMILES string of the molecule is COc1ccc(Br)c(CC(=O)N2CCC(O)CC2)c1. The fourth-order valence-corrected chi connectivity index (χ4v) is 2.59. The first-order valence-corrected chi connectivity index (χ1v) is 7.17. The number of piperidine rings is 1. The van der Waals surface area contributed by atoms with Crippen molar-refractivity contribution in [2.24, 2.45) is 0 Å². The molecule has 104 valence electrons. The van der Waals surface area contributed by atoms with Crippen LogP contribution in [0.25, 0.3) is 0 Å². The highest BCUT2D eigenvalue weighted by Gasteiger charge is 2.21. The number of hydrogen-bond acceptors (Lipinski definition) is 3. The molecule has 1 N–H and O–H groups in total. The predicted octanol–water partition coefficient (Wildman–Crippen LogP) is 1.98. The average molecular weight is 328 g/mol. The van der Waals surface area contributed by atoms with Crippen molar-refractivity contribution in [1.82, 2.24) is 4.90 Å². The van der Waals surface area contributed by atoms with Crippen LogP contribution in [0.15, 0.2) is 22.7 Å². The van der Waals surface area contributed by atoms with Crippen LogP contribution in [0.1, 0.15) is 18.4 Å². The number of hydrogen-bond donors (Lipinski definition) is 1. The molecule has 1 aromatic carbocycles. The van der Waals surface area contributed by atoms with E-state index >= 15 is 0 Å². The third-order valence-electron chi connectivity index (χ3n) is 3.41.